The predicted octanol–water partition coefficient (Wildman–Crippen LogP) is 2.38. The van der Waals surface area contributed by atoms with Gasteiger partial charge in [0.25, 0.3) is 0 Å². The van der Waals surface area contributed by atoms with Crippen molar-refractivity contribution in [1.82, 2.24) is 10.6 Å². The molecule has 1 saturated heterocycles. The van der Waals surface area contributed by atoms with Crippen LogP contribution in [0.3, 0.4) is 0 Å². The van der Waals surface area contributed by atoms with Crippen molar-refractivity contribution in [3.63, 3.8) is 0 Å². The van der Waals surface area contributed by atoms with Crippen molar-refractivity contribution in [2.24, 2.45) is 0 Å². The van der Waals surface area contributed by atoms with E-state index in [4.69, 9.17) is 0 Å². The second kappa shape index (κ2) is 5.65. The van der Waals surface area contributed by atoms with Crippen LogP contribution in [0.5, 0.6) is 0 Å². The molecule has 2 N–H and O–H groups in total. The summed E-state index contributed by atoms with van der Waals surface area (Å²) < 4.78 is 1.03. The Morgan fingerprint density at radius 1 is 1.53 bits per heavy atom. The minimum absolute atomic E-state index is 0.0139. The number of halogens is 1. The van der Waals surface area contributed by atoms with Gasteiger partial charge in [-0.15, -0.1) is 0 Å². The van der Waals surface area contributed by atoms with Crippen molar-refractivity contribution < 1.29 is 4.79 Å². The lowest BCUT2D eigenvalue weighted by Gasteiger charge is -2.18. The molecular weight excluding hydrogens is 280 g/mol. The Labute approximate surface area is 110 Å². The first-order valence-electron chi connectivity index (χ1n) is 5.96. The van der Waals surface area contributed by atoms with Gasteiger partial charge in [0, 0.05) is 4.47 Å². The summed E-state index contributed by atoms with van der Waals surface area (Å²) in [4.78, 5) is 12.0. The number of hydrogen-bond donors (Lipinski definition) is 2. The lowest BCUT2D eigenvalue weighted by molar-refractivity contribution is -0.123. The van der Waals surface area contributed by atoms with E-state index in [0.29, 0.717) is 0 Å². The van der Waals surface area contributed by atoms with Crippen molar-refractivity contribution >= 4 is 21.8 Å². The van der Waals surface area contributed by atoms with E-state index in [2.05, 4.69) is 26.6 Å². The van der Waals surface area contributed by atoms with Crippen LogP contribution < -0.4 is 10.6 Å². The van der Waals surface area contributed by atoms with Crippen LogP contribution >= 0.6 is 15.9 Å². The van der Waals surface area contributed by atoms with Gasteiger partial charge in [-0.2, -0.15) is 0 Å². The van der Waals surface area contributed by atoms with Crippen LogP contribution in [0.4, 0.5) is 0 Å². The van der Waals surface area contributed by atoms with Gasteiger partial charge in [0.1, 0.15) is 0 Å². The molecular formula is C13H17BrN2O. The molecule has 1 amide bonds. The summed E-state index contributed by atoms with van der Waals surface area (Å²) in [6, 6.07) is 7.99. The van der Waals surface area contributed by atoms with Crippen molar-refractivity contribution in [1.29, 1.82) is 0 Å². The Bertz CT molecular complexity index is 402. The first-order chi connectivity index (χ1) is 8.18. The maximum atomic E-state index is 12.0. The van der Waals surface area contributed by atoms with E-state index in [1.54, 1.807) is 0 Å². The molecule has 1 unspecified atom stereocenters. The lowest BCUT2D eigenvalue weighted by Crippen LogP contribution is -2.41. The average molecular weight is 297 g/mol. The van der Waals surface area contributed by atoms with Gasteiger partial charge in [0.05, 0.1) is 12.1 Å². The zero-order valence-electron chi connectivity index (χ0n) is 9.87. The molecule has 2 atom stereocenters. The van der Waals surface area contributed by atoms with Gasteiger partial charge in [0.15, 0.2) is 0 Å². The SMILES string of the molecule is CC(NC(=O)[C@H]1CCCN1)c1ccccc1Br. The Morgan fingerprint density at radius 2 is 2.29 bits per heavy atom. The van der Waals surface area contributed by atoms with Crippen LogP contribution in [0.15, 0.2) is 28.7 Å². The highest BCUT2D eigenvalue weighted by molar-refractivity contribution is 9.10. The molecule has 1 fully saturated rings. The van der Waals surface area contributed by atoms with Gasteiger partial charge in [-0.1, -0.05) is 34.1 Å². The zero-order chi connectivity index (χ0) is 12.3. The lowest BCUT2D eigenvalue weighted by atomic mass is 10.1. The summed E-state index contributed by atoms with van der Waals surface area (Å²) in [5.74, 6) is 0.103. The molecule has 1 aliphatic heterocycles. The Balaban J connectivity index is 1.99. The van der Waals surface area contributed by atoms with Crippen LogP contribution in [0.25, 0.3) is 0 Å². The normalized spacial score (nSPS) is 21.2. The second-order valence-corrected chi connectivity index (χ2v) is 5.26. The van der Waals surface area contributed by atoms with Gasteiger partial charge >= 0.3 is 0 Å². The fraction of sp³-hybridized carbons (Fsp3) is 0.462. The van der Waals surface area contributed by atoms with E-state index in [1.807, 2.05) is 31.2 Å². The molecule has 0 saturated carbocycles. The van der Waals surface area contributed by atoms with Crippen LogP contribution in [0.2, 0.25) is 0 Å². The van der Waals surface area contributed by atoms with E-state index in [0.717, 1.165) is 29.4 Å². The fourth-order valence-electron chi connectivity index (χ4n) is 2.13. The molecule has 1 aliphatic rings. The summed E-state index contributed by atoms with van der Waals surface area (Å²) in [6.07, 6.45) is 2.02. The Morgan fingerprint density at radius 3 is 2.94 bits per heavy atom. The summed E-state index contributed by atoms with van der Waals surface area (Å²) in [5, 5.41) is 6.25. The van der Waals surface area contributed by atoms with Crippen molar-refractivity contribution in [3.8, 4) is 0 Å². The van der Waals surface area contributed by atoms with Crippen molar-refractivity contribution in [3.05, 3.63) is 34.3 Å². The topological polar surface area (TPSA) is 41.1 Å². The molecule has 1 aromatic rings. The van der Waals surface area contributed by atoms with Crippen molar-refractivity contribution in [2.45, 2.75) is 31.8 Å². The fourth-order valence-corrected chi connectivity index (χ4v) is 2.75. The minimum Gasteiger partial charge on any atom is -0.348 e. The van der Waals surface area contributed by atoms with Crippen molar-refractivity contribution in [2.75, 3.05) is 6.54 Å². The average Bonchev–Trinajstić information content (AvgIpc) is 2.82. The summed E-state index contributed by atoms with van der Waals surface area (Å²) in [7, 11) is 0. The van der Waals surface area contributed by atoms with E-state index in [-0.39, 0.29) is 18.0 Å². The Hall–Kier alpha value is -0.870. The van der Waals surface area contributed by atoms with Crippen LogP contribution in [0.1, 0.15) is 31.4 Å². The molecule has 0 aliphatic carbocycles. The molecule has 1 heterocycles. The van der Waals surface area contributed by atoms with Gasteiger partial charge in [-0.25, -0.2) is 0 Å². The highest BCUT2D eigenvalue weighted by Gasteiger charge is 2.23. The molecule has 17 heavy (non-hydrogen) atoms. The van der Waals surface area contributed by atoms with Crippen LogP contribution in [0, 0.1) is 0 Å². The van der Waals surface area contributed by atoms with Gasteiger partial charge in [0.2, 0.25) is 5.91 Å². The molecule has 92 valence electrons. The third-order valence-electron chi connectivity index (χ3n) is 3.11. The number of hydrogen-bond acceptors (Lipinski definition) is 2. The predicted molar refractivity (Wildman–Crippen MR) is 71.7 cm³/mol. The van der Waals surface area contributed by atoms with E-state index < -0.39 is 0 Å². The standard InChI is InChI=1S/C13H17BrN2O/c1-9(10-5-2-3-6-11(10)14)16-13(17)12-7-4-8-15-12/h2-3,5-6,9,12,15H,4,7-8H2,1H3,(H,16,17)/t9?,12-/m1/s1. The first-order valence-corrected chi connectivity index (χ1v) is 6.76. The second-order valence-electron chi connectivity index (χ2n) is 4.40. The molecule has 4 heteroatoms. The summed E-state index contributed by atoms with van der Waals surface area (Å²) in [5.41, 5.74) is 1.11. The number of rotatable bonds is 3. The molecule has 0 bridgehead atoms. The number of benzene rings is 1. The van der Waals surface area contributed by atoms with E-state index in [9.17, 15) is 4.79 Å². The van der Waals surface area contributed by atoms with E-state index >= 15 is 0 Å². The third kappa shape index (κ3) is 3.07. The van der Waals surface area contributed by atoms with E-state index in [1.165, 1.54) is 0 Å². The highest BCUT2D eigenvalue weighted by Crippen LogP contribution is 2.22. The van der Waals surface area contributed by atoms with Gasteiger partial charge in [-0.3, -0.25) is 4.79 Å². The Kier molecular flexibility index (Phi) is 4.18. The zero-order valence-corrected chi connectivity index (χ0v) is 11.5. The largest absolute Gasteiger partial charge is 0.348 e. The van der Waals surface area contributed by atoms with Gasteiger partial charge in [-0.05, 0) is 37.9 Å². The maximum absolute atomic E-state index is 12.0. The molecule has 0 spiro atoms. The van der Waals surface area contributed by atoms with Crippen LogP contribution in [-0.4, -0.2) is 18.5 Å². The number of amides is 1. The van der Waals surface area contributed by atoms with Crippen LogP contribution in [-0.2, 0) is 4.79 Å². The number of carbonyl (C=O) groups excluding carboxylic acids is 1. The number of carbonyl (C=O) groups is 1. The molecule has 0 radical (unpaired) electrons. The summed E-state index contributed by atoms with van der Waals surface area (Å²) >= 11 is 3.50. The third-order valence-corrected chi connectivity index (χ3v) is 3.83. The molecule has 0 aromatic heterocycles. The molecule has 2 rings (SSSR count). The number of nitrogens with one attached hydrogen (secondary N) is 2. The minimum atomic E-state index is -0.0139. The molecule has 1 aromatic carbocycles. The maximum Gasteiger partial charge on any atom is 0.237 e. The smallest absolute Gasteiger partial charge is 0.237 e. The monoisotopic (exact) mass is 296 g/mol. The highest BCUT2D eigenvalue weighted by atomic mass is 79.9. The summed E-state index contributed by atoms with van der Waals surface area (Å²) in [6.45, 7) is 2.95. The molecule has 3 nitrogen and oxygen atoms in total. The van der Waals surface area contributed by atoms with Gasteiger partial charge < -0.3 is 10.6 Å². The quantitative estimate of drug-likeness (QED) is 0.899. The first kappa shape index (κ1) is 12.6.